The fraction of sp³-hybridized carbons (Fsp3) is 0.0690. The number of nitrogens with zero attached hydrogens (tertiary/aromatic N) is 4. The number of furan rings is 1. The molecule has 1 aliphatic rings. The van der Waals surface area contributed by atoms with Gasteiger partial charge in [-0.3, -0.25) is 9.56 Å². The number of fused-ring (bicyclic) bond motifs is 13. The summed E-state index contributed by atoms with van der Waals surface area (Å²) in [4.78, 5) is 11.6. The van der Waals surface area contributed by atoms with E-state index in [0.717, 1.165) is 78.9 Å². The van der Waals surface area contributed by atoms with Gasteiger partial charge in [-0.1, -0.05) is 134 Å². The molecule has 0 aliphatic carbocycles. The molecule has 5 nitrogen and oxygen atoms in total. The van der Waals surface area contributed by atoms with Gasteiger partial charge in [0.2, 0.25) is 0 Å². The number of aromatic nitrogens is 2. The molecule has 0 bridgehead atoms. The van der Waals surface area contributed by atoms with Crippen LogP contribution >= 0.6 is 11.3 Å². The van der Waals surface area contributed by atoms with Gasteiger partial charge in [-0.15, -0.1) is 11.3 Å². The highest BCUT2D eigenvalue weighted by Gasteiger charge is 2.35. The van der Waals surface area contributed by atoms with Crippen molar-refractivity contribution in [2.75, 3.05) is 0 Å². The average molecular weight is 839 g/mol. The SMILES string of the molecule is CC[C@@H]1C(n2c3ccccc3c3ccccc32)=NC(c2cccc3c2sc2ccccc23)=NC1c1cc(-n2c3ccccc3c3cc4ccccc4cc32)c2oc3ccccc3c2c1. The Bertz CT molecular complexity index is 4100. The topological polar surface area (TPSA) is 47.7 Å². The van der Waals surface area contributed by atoms with Crippen LogP contribution < -0.4 is 0 Å². The van der Waals surface area contributed by atoms with Crippen LogP contribution in [0.4, 0.5) is 0 Å². The van der Waals surface area contributed by atoms with Crippen molar-refractivity contribution in [2.24, 2.45) is 15.9 Å². The highest BCUT2D eigenvalue weighted by atomic mass is 32.1. The lowest BCUT2D eigenvalue weighted by Gasteiger charge is -2.31. The Morgan fingerprint density at radius 2 is 1.12 bits per heavy atom. The van der Waals surface area contributed by atoms with Crippen molar-refractivity contribution in [2.45, 2.75) is 19.4 Å². The van der Waals surface area contributed by atoms with Gasteiger partial charge in [0.25, 0.3) is 0 Å². The number of thiophene rings is 1. The van der Waals surface area contributed by atoms with Gasteiger partial charge in [-0.05, 0) is 83.4 Å². The Labute approximate surface area is 371 Å². The minimum Gasteiger partial charge on any atom is -0.454 e. The van der Waals surface area contributed by atoms with Gasteiger partial charge in [-0.2, -0.15) is 0 Å². The van der Waals surface area contributed by atoms with Gasteiger partial charge >= 0.3 is 0 Å². The standard InChI is InChI=1S/C58H38N4OS/c1-2-37-54(36-31-46-41-21-8-13-28-52(41)63-55(46)51(33-36)61-47-25-10-7-20-40(47)45-30-34-16-3-4-17-35(34)32-50(45)61)59-57(44-24-15-23-43-42-22-9-14-29-53(42)64-56(43)44)60-58(37)62-48-26-11-5-18-38(48)39-19-6-12-27-49(39)62/h3-33,37,54H,2H2,1H3/t37-,54?/m0/s1. The van der Waals surface area contributed by atoms with Gasteiger partial charge in [-0.25, -0.2) is 4.99 Å². The third kappa shape index (κ3) is 5.06. The Kier molecular flexibility index (Phi) is 7.60. The monoisotopic (exact) mass is 838 g/mol. The van der Waals surface area contributed by atoms with E-state index in [0.29, 0.717) is 0 Å². The summed E-state index contributed by atoms with van der Waals surface area (Å²) >= 11 is 1.82. The Morgan fingerprint density at radius 3 is 1.88 bits per heavy atom. The van der Waals surface area contributed by atoms with Crippen LogP contribution in [0.1, 0.15) is 30.5 Å². The molecule has 13 aromatic rings. The molecule has 64 heavy (non-hydrogen) atoms. The normalized spacial score (nSPS) is 15.8. The molecule has 0 saturated carbocycles. The number of hydrogen-bond acceptors (Lipinski definition) is 4. The minimum atomic E-state index is -0.275. The van der Waals surface area contributed by atoms with E-state index in [1.54, 1.807) is 0 Å². The predicted octanol–water partition coefficient (Wildman–Crippen LogP) is 15.8. The van der Waals surface area contributed by atoms with E-state index in [1.165, 1.54) is 52.5 Å². The summed E-state index contributed by atoms with van der Waals surface area (Å²) in [6, 6.07) is 67.9. The van der Waals surface area contributed by atoms with Crippen LogP contribution in [0, 0.1) is 5.92 Å². The summed E-state index contributed by atoms with van der Waals surface area (Å²) in [5, 5.41) is 11.9. The van der Waals surface area contributed by atoms with Crippen LogP contribution in [0.25, 0.3) is 102 Å². The lowest BCUT2D eigenvalue weighted by Crippen LogP contribution is -2.32. The zero-order valence-electron chi connectivity index (χ0n) is 34.9. The Morgan fingerprint density at radius 1 is 0.516 bits per heavy atom. The van der Waals surface area contributed by atoms with E-state index in [-0.39, 0.29) is 12.0 Å². The molecule has 302 valence electrons. The van der Waals surface area contributed by atoms with Crippen LogP contribution in [0.5, 0.6) is 0 Å². The first kappa shape index (κ1) is 35.8. The molecule has 5 heterocycles. The minimum absolute atomic E-state index is 0.0601. The quantitative estimate of drug-likeness (QED) is 0.174. The fourth-order valence-corrected chi connectivity index (χ4v) is 12.0. The lowest BCUT2D eigenvalue weighted by atomic mass is 9.87. The van der Waals surface area contributed by atoms with Crippen LogP contribution in [-0.2, 0) is 0 Å². The van der Waals surface area contributed by atoms with Crippen molar-refractivity contribution in [3.8, 4) is 5.69 Å². The molecule has 2 atom stereocenters. The zero-order valence-corrected chi connectivity index (χ0v) is 35.7. The van der Waals surface area contributed by atoms with Crippen LogP contribution in [0.2, 0.25) is 0 Å². The maximum Gasteiger partial charge on any atom is 0.159 e. The Hall–Kier alpha value is -7.80. The summed E-state index contributed by atoms with van der Waals surface area (Å²) in [5.41, 5.74) is 9.49. The highest BCUT2D eigenvalue weighted by molar-refractivity contribution is 7.26. The van der Waals surface area contributed by atoms with E-state index in [4.69, 9.17) is 14.4 Å². The molecule has 0 fully saturated rings. The summed E-state index contributed by atoms with van der Waals surface area (Å²) in [5.74, 6) is 1.70. The third-order valence-electron chi connectivity index (χ3n) is 13.7. The maximum absolute atomic E-state index is 6.95. The number of benzene rings is 9. The van der Waals surface area contributed by atoms with Crippen molar-refractivity contribution in [3.05, 3.63) is 199 Å². The molecule has 14 rings (SSSR count). The Balaban J connectivity index is 1.09. The van der Waals surface area contributed by atoms with Crippen LogP contribution in [0.3, 0.4) is 0 Å². The number of rotatable bonds is 4. The maximum atomic E-state index is 6.95. The second-order valence-corrected chi connectivity index (χ2v) is 18.2. The van der Waals surface area contributed by atoms with Crippen LogP contribution in [0.15, 0.2) is 202 Å². The van der Waals surface area contributed by atoms with Gasteiger partial charge in [0.15, 0.2) is 11.4 Å². The number of aliphatic imine (C=N–C) groups is 2. The molecule has 6 heteroatoms. The van der Waals surface area contributed by atoms with E-state index >= 15 is 0 Å². The largest absolute Gasteiger partial charge is 0.454 e. The first-order valence-corrected chi connectivity index (χ1v) is 22.9. The summed E-state index contributed by atoms with van der Waals surface area (Å²) in [7, 11) is 0. The molecule has 0 saturated heterocycles. The summed E-state index contributed by atoms with van der Waals surface area (Å²) < 4.78 is 14.3. The predicted molar refractivity (Wildman–Crippen MR) is 270 cm³/mol. The van der Waals surface area contributed by atoms with Crippen molar-refractivity contribution >= 4 is 120 Å². The van der Waals surface area contributed by atoms with Crippen molar-refractivity contribution < 1.29 is 4.42 Å². The molecular formula is C58H38N4OS. The number of hydrogen-bond donors (Lipinski definition) is 0. The van der Waals surface area contributed by atoms with Crippen molar-refractivity contribution in [3.63, 3.8) is 0 Å². The van der Waals surface area contributed by atoms with E-state index < -0.39 is 0 Å². The van der Waals surface area contributed by atoms with Gasteiger partial charge in [0.05, 0.1) is 33.8 Å². The lowest BCUT2D eigenvalue weighted by molar-refractivity contribution is 0.522. The van der Waals surface area contributed by atoms with E-state index in [2.05, 4.69) is 204 Å². The molecule has 0 amide bonds. The molecule has 1 aliphatic heterocycles. The second kappa shape index (κ2) is 13.6. The number of para-hydroxylation sites is 4. The number of amidine groups is 1. The van der Waals surface area contributed by atoms with Crippen LogP contribution in [-0.4, -0.2) is 20.8 Å². The highest BCUT2D eigenvalue weighted by Crippen LogP contribution is 2.45. The molecule has 0 radical (unpaired) electrons. The van der Waals surface area contributed by atoms with E-state index in [1.807, 2.05) is 11.3 Å². The van der Waals surface area contributed by atoms with Crippen molar-refractivity contribution in [1.82, 2.24) is 9.13 Å². The summed E-state index contributed by atoms with van der Waals surface area (Å²) in [6.07, 6.45) is 0.828. The first-order chi connectivity index (χ1) is 31.7. The molecule has 0 spiro atoms. The molecule has 0 N–H and O–H groups in total. The molecule has 1 unspecified atom stereocenters. The van der Waals surface area contributed by atoms with E-state index in [9.17, 15) is 0 Å². The zero-order chi connectivity index (χ0) is 42.0. The van der Waals surface area contributed by atoms with Gasteiger partial charge in [0.1, 0.15) is 11.4 Å². The second-order valence-electron chi connectivity index (χ2n) is 17.1. The van der Waals surface area contributed by atoms with Gasteiger partial charge < -0.3 is 8.98 Å². The average Bonchev–Trinajstić information content (AvgIpc) is 4.10. The smallest absolute Gasteiger partial charge is 0.159 e. The first-order valence-electron chi connectivity index (χ1n) is 22.1. The fourth-order valence-electron chi connectivity index (χ4n) is 10.8. The molecular weight excluding hydrogens is 801 g/mol. The van der Waals surface area contributed by atoms with Gasteiger partial charge in [0, 0.05) is 64.0 Å². The third-order valence-corrected chi connectivity index (χ3v) is 14.9. The van der Waals surface area contributed by atoms with Crippen molar-refractivity contribution in [1.29, 1.82) is 0 Å². The summed E-state index contributed by atoms with van der Waals surface area (Å²) in [6.45, 7) is 2.29. The molecule has 9 aromatic carbocycles. The molecule has 4 aromatic heterocycles.